The van der Waals surface area contributed by atoms with Crippen molar-refractivity contribution < 1.29 is 4.79 Å². The van der Waals surface area contributed by atoms with E-state index in [1.54, 1.807) is 18.3 Å². The summed E-state index contributed by atoms with van der Waals surface area (Å²) in [4.78, 5) is 14.5. The molecule has 1 heterocycles. The Balaban J connectivity index is 3.01. The van der Waals surface area contributed by atoms with E-state index in [2.05, 4.69) is 11.6 Å². The molecule has 1 aromatic rings. The van der Waals surface area contributed by atoms with Crippen molar-refractivity contribution >= 4 is 11.5 Å². The monoisotopic (exact) mass is 162 g/mol. The van der Waals surface area contributed by atoms with Crippen molar-refractivity contribution in [3.8, 4) is 0 Å². The summed E-state index contributed by atoms with van der Waals surface area (Å²) in [5.74, 6) is -0.511. The average molecular weight is 162 g/mol. The van der Waals surface area contributed by atoms with Crippen LogP contribution in [0.15, 0.2) is 24.9 Å². The van der Waals surface area contributed by atoms with Crippen molar-refractivity contribution in [2.24, 2.45) is 5.73 Å². The highest BCUT2D eigenvalue weighted by Gasteiger charge is 2.00. The van der Waals surface area contributed by atoms with Crippen molar-refractivity contribution in [3.63, 3.8) is 0 Å². The first-order chi connectivity index (χ1) is 5.61. The molecule has 3 nitrogen and oxygen atoms in total. The Morgan fingerprint density at radius 2 is 2.25 bits per heavy atom. The minimum Gasteiger partial charge on any atom is -0.364 e. The summed E-state index contributed by atoms with van der Waals surface area (Å²) in [5, 5.41) is 0. The Labute approximate surface area is 70.9 Å². The van der Waals surface area contributed by atoms with Gasteiger partial charge in [-0.1, -0.05) is 12.6 Å². The molecule has 0 aliphatic carbocycles. The second-order valence-corrected chi connectivity index (χ2v) is 2.58. The molecule has 0 spiro atoms. The van der Waals surface area contributed by atoms with Crippen LogP contribution in [0.4, 0.5) is 0 Å². The fraction of sp³-hybridized carbons (Fsp3) is 0.111. The predicted molar refractivity (Wildman–Crippen MR) is 47.5 cm³/mol. The molecule has 0 atom stereocenters. The van der Waals surface area contributed by atoms with Crippen molar-refractivity contribution in [3.05, 3.63) is 36.2 Å². The minimum atomic E-state index is -0.511. The summed E-state index contributed by atoms with van der Waals surface area (Å²) in [6.45, 7) is 5.62. The quantitative estimate of drug-likeness (QED) is 0.710. The number of nitrogens with zero attached hydrogens (tertiary/aromatic N) is 1. The summed E-state index contributed by atoms with van der Waals surface area (Å²) in [7, 11) is 0. The maximum absolute atomic E-state index is 10.6. The van der Waals surface area contributed by atoms with E-state index in [4.69, 9.17) is 5.73 Å². The van der Waals surface area contributed by atoms with Gasteiger partial charge in [0.15, 0.2) is 0 Å². The number of carbonyl (C=O) groups is 1. The van der Waals surface area contributed by atoms with Crippen LogP contribution < -0.4 is 5.73 Å². The van der Waals surface area contributed by atoms with Crippen molar-refractivity contribution in [2.45, 2.75) is 6.92 Å². The molecule has 0 saturated carbocycles. The number of allylic oxidation sites excluding steroid dienone is 1. The molecule has 0 bridgehead atoms. The molecule has 12 heavy (non-hydrogen) atoms. The van der Waals surface area contributed by atoms with E-state index in [1.165, 1.54) is 0 Å². The van der Waals surface area contributed by atoms with Gasteiger partial charge in [0, 0.05) is 6.20 Å². The standard InChI is InChI=1S/C9H10N2O/c1-6(2)7-3-4-8(9(10)12)11-5-7/h3-5H,1H2,2H3,(H2,10,12). The van der Waals surface area contributed by atoms with Gasteiger partial charge >= 0.3 is 0 Å². The highest BCUT2D eigenvalue weighted by Crippen LogP contribution is 2.09. The molecule has 1 amide bonds. The van der Waals surface area contributed by atoms with Gasteiger partial charge in [-0.05, 0) is 24.1 Å². The van der Waals surface area contributed by atoms with Crippen LogP contribution >= 0.6 is 0 Å². The zero-order valence-corrected chi connectivity index (χ0v) is 6.87. The Hall–Kier alpha value is -1.64. The van der Waals surface area contributed by atoms with Gasteiger partial charge in [0.1, 0.15) is 5.69 Å². The summed E-state index contributed by atoms with van der Waals surface area (Å²) < 4.78 is 0. The molecule has 62 valence electrons. The highest BCUT2D eigenvalue weighted by molar-refractivity contribution is 5.90. The van der Waals surface area contributed by atoms with Gasteiger partial charge in [-0.3, -0.25) is 9.78 Å². The second kappa shape index (κ2) is 3.17. The van der Waals surface area contributed by atoms with Gasteiger partial charge in [0.25, 0.3) is 5.91 Å². The van der Waals surface area contributed by atoms with Crippen LogP contribution in [0.1, 0.15) is 23.0 Å². The maximum Gasteiger partial charge on any atom is 0.267 e. The molecule has 0 aliphatic rings. The molecular formula is C9H10N2O. The number of aromatic nitrogens is 1. The first-order valence-electron chi connectivity index (χ1n) is 3.53. The van der Waals surface area contributed by atoms with Crippen LogP contribution in [0, 0.1) is 0 Å². The van der Waals surface area contributed by atoms with Crippen molar-refractivity contribution in [1.29, 1.82) is 0 Å². The molecule has 0 saturated heterocycles. The molecule has 0 unspecified atom stereocenters. The van der Waals surface area contributed by atoms with Gasteiger partial charge < -0.3 is 5.73 Å². The Bertz CT molecular complexity index is 281. The second-order valence-electron chi connectivity index (χ2n) is 2.58. The molecule has 1 rings (SSSR count). The number of pyridine rings is 1. The number of amides is 1. The first kappa shape index (κ1) is 8.46. The van der Waals surface area contributed by atoms with E-state index in [0.717, 1.165) is 11.1 Å². The lowest BCUT2D eigenvalue weighted by atomic mass is 10.1. The fourth-order valence-electron chi connectivity index (χ4n) is 0.792. The summed E-state index contributed by atoms with van der Waals surface area (Å²) >= 11 is 0. The van der Waals surface area contributed by atoms with Crippen molar-refractivity contribution in [2.75, 3.05) is 0 Å². The van der Waals surface area contributed by atoms with E-state index >= 15 is 0 Å². The summed E-state index contributed by atoms with van der Waals surface area (Å²) in [6, 6.07) is 3.36. The number of primary amides is 1. The third-order valence-corrected chi connectivity index (χ3v) is 1.51. The SMILES string of the molecule is C=C(C)c1ccc(C(N)=O)nc1. The molecule has 2 N–H and O–H groups in total. The van der Waals surface area contributed by atoms with Gasteiger partial charge in [-0.15, -0.1) is 0 Å². The van der Waals surface area contributed by atoms with Gasteiger partial charge in [0.2, 0.25) is 0 Å². The topological polar surface area (TPSA) is 56.0 Å². The fourth-order valence-corrected chi connectivity index (χ4v) is 0.792. The molecule has 0 aromatic carbocycles. The van der Waals surface area contributed by atoms with E-state index in [9.17, 15) is 4.79 Å². The van der Waals surface area contributed by atoms with Crippen LogP contribution in [0.5, 0.6) is 0 Å². The smallest absolute Gasteiger partial charge is 0.267 e. The normalized spacial score (nSPS) is 9.42. The molecule has 1 aromatic heterocycles. The molecule has 0 fully saturated rings. The molecule has 3 heteroatoms. The minimum absolute atomic E-state index is 0.278. The zero-order valence-electron chi connectivity index (χ0n) is 6.87. The third-order valence-electron chi connectivity index (χ3n) is 1.51. The van der Waals surface area contributed by atoms with Crippen LogP contribution in [0.3, 0.4) is 0 Å². The Morgan fingerprint density at radius 1 is 1.58 bits per heavy atom. The van der Waals surface area contributed by atoms with Crippen molar-refractivity contribution in [1.82, 2.24) is 4.98 Å². The molecule has 0 radical (unpaired) electrons. The lowest BCUT2D eigenvalue weighted by Gasteiger charge is -1.98. The molecular weight excluding hydrogens is 152 g/mol. The van der Waals surface area contributed by atoms with Crippen LogP contribution in [0.25, 0.3) is 5.57 Å². The number of carbonyl (C=O) groups excluding carboxylic acids is 1. The zero-order chi connectivity index (χ0) is 9.14. The number of hydrogen-bond donors (Lipinski definition) is 1. The van der Waals surface area contributed by atoms with Crippen LogP contribution in [0.2, 0.25) is 0 Å². The first-order valence-corrected chi connectivity index (χ1v) is 3.53. The predicted octanol–water partition coefficient (Wildman–Crippen LogP) is 1.21. The van der Waals surface area contributed by atoms with E-state index in [-0.39, 0.29) is 5.69 Å². The number of nitrogens with two attached hydrogens (primary N) is 1. The third kappa shape index (κ3) is 1.69. The van der Waals surface area contributed by atoms with Gasteiger partial charge in [-0.2, -0.15) is 0 Å². The number of rotatable bonds is 2. The lowest BCUT2D eigenvalue weighted by Crippen LogP contribution is -2.12. The van der Waals surface area contributed by atoms with E-state index < -0.39 is 5.91 Å². The van der Waals surface area contributed by atoms with Gasteiger partial charge in [-0.25, -0.2) is 0 Å². The highest BCUT2D eigenvalue weighted by atomic mass is 16.1. The van der Waals surface area contributed by atoms with Crippen LogP contribution in [-0.4, -0.2) is 10.9 Å². The maximum atomic E-state index is 10.6. The largest absolute Gasteiger partial charge is 0.364 e. The van der Waals surface area contributed by atoms with E-state index in [1.807, 2.05) is 6.92 Å². The Morgan fingerprint density at radius 3 is 2.58 bits per heavy atom. The lowest BCUT2D eigenvalue weighted by molar-refractivity contribution is 0.0995. The van der Waals surface area contributed by atoms with Gasteiger partial charge in [0.05, 0.1) is 0 Å². The number of hydrogen-bond acceptors (Lipinski definition) is 2. The van der Waals surface area contributed by atoms with Crippen LogP contribution in [-0.2, 0) is 0 Å². The Kier molecular flexibility index (Phi) is 2.24. The summed E-state index contributed by atoms with van der Waals surface area (Å²) in [5.41, 5.74) is 7.13. The average Bonchev–Trinajstić information content (AvgIpc) is 2.04. The molecule has 0 aliphatic heterocycles. The van der Waals surface area contributed by atoms with E-state index in [0.29, 0.717) is 0 Å². The summed E-state index contributed by atoms with van der Waals surface area (Å²) in [6.07, 6.45) is 1.59.